The van der Waals surface area contributed by atoms with Crippen LogP contribution in [0.5, 0.6) is 0 Å². The third kappa shape index (κ3) is 5.74. The molecule has 0 saturated carbocycles. The number of nitrogens with one attached hydrogen (secondary N) is 1. The summed E-state index contributed by atoms with van der Waals surface area (Å²) < 4.78 is 7.57. The molecule has 1 saturated heterocycles. The smallest absolute Gasteiger partial charge is 0.407 e. The van der Waals surface area contributed by atoms with E-state index in [9.17, 15) is 4.79 Å². The average molecular weight is 489 g/mol. The molecule has 2 heterocycles. The first-order chi connectivity index (χ1) is 15.7. The van der Waals surface area contributed by atoms with Crippen molar-refractivity contribution < 1.29 is 9.53 Å². The lowest BCUT2D eigenvalue weighted by atomic mass is 9.98. The maximum Gasteiger partial charge on any atom is 0.407 e. The zero-order valence-electron chi connectivity index (χ0n) is 19.3. The Morgan fingerprint density at radius 1 is 1.15 bits per heavy atom. The predicted octanol–water partition coefficient (Wildman–Crippen LogP) is 6.13. The Balaban J connectivity index is 1.56. The summed E-state index contributed by atoms with van der Waals surface area (Å²) in [5.41, 5.74) is 2.35. The lowest BCUT2D eigenvalue weighted by Crippen LogP contribution is -2.43. The van der Waals surface area contributed by atoms with Gasteiger partial charge in [0.2, 0.25) is 5.95 Å². The van der Waals surface area contributed by atoms with E-state index >= 15 is 0 Å². The fourth-order valence-corrected chi connectivity index (χ4v) is 4.77. The highest BCUT2D eigenvalue weighted by molar-refractivity contribution is 6.36. The van der Waals surface area contributed by atoms with E-state index in [-0.39, 0.29) is 6.09 Å². The number of para-hydroxylation sites is 2. The molecule has 1 aromatic heterocycles. The summed E-state index contributed by atoms with van der Waals surface area (Å²) in [6.45, 7) is 8.41. The van der Waals surface area contributed by atoms with E-state index < -0.39 is 5.60 Å². The van der Waals surface area contributed by atoms with Crippen molar-refractivity contribution in [2.24, 2.45) is 5.92 Å². The van der Waals surface area contributed by atoms with Crippen molar-refractivity contribution in [1.82, 2.24) is 14.9 Å². The van der Waals surface area contributed by atoms with Gasteiger partial charge in [-0.1, -0.05) is 41.4 Å². The standard InChI is InChI=1S/C25H30Cl2N4O2/c1-25(2,3)33-24(32)28-14-17-8-7-13-30(15-17)23-29-21-11-4-5-12-22(21)31(23)16-18-19(26)9-6-10-20(18)27/h4-6,9-12,17H,7-8,13-16H2,1-3H3,(H,28,32)/t17-/m0/s1. The maximum absolute atomic E-state index is 12.1. The molecule has 0 spiro atoms. The summed E-state index contributed by atoms with van der Waals surface area (Å²) in [6.07, 6.45) is 1.69. The number of carbonyl (C=O) groups excluding carboxylic acids is 1. The first-order valence-electron chi connectivity index (χ1n) is 11.3. The van der Waals surface area contributed by atoms with Crippen LogP contribution in [0.1, 0.15) is 39.2 Å². The fraction of sp³-hybridized carbons (Fsp3) is 0.440. The van der Waals surface area contributed by atoms with Gasteiger partial charge in [0.25, 0.3) is 0 Å². The quantitative estimate of drug-likeness (QED) is 0.468. The Morgan fingerprint density at radius 2 is 1.88 bits per heavy atom. The van der Waals surface area contributed by atoms with Crippen LogP contribution < -0.4 is 10.2 Å². The maximum atomic E-state index is 12.1. The number of hydrogen-bond donors (Lipinski definition) is 1. The fourth-order valence-electron chi connectivity index (χ4n) is 4.26. The van der Waals surface area contributed by atoms with E-state index in [2.05, 4.69) is 20.9 Å². The number of imidazole rings is 1. The number of anilines is 1. The van der Waals surface area contributed by atoms with Gasteiger partial charge in [0.05, 0.1) is 17.6 Å². The van der Waals surface area contributed by atoms with Gasteiger partial charge in [0.1, 0.15) is 5.60 Å². The highest BCUT2D eigenvalue weighted by Gasteiger charge is 2.26. The molecule has 0 radical (unpaired) electrons. The summed E-state index contributed by atoms with van der Waals surface area (Å²) in [5, 5.41) is 4.21. The number of benzene rings is 2. The molecule has 0 unspecified atom stereocenters. The van der Waals surface area contributed by atoms with Crippen molar-refractivity contribution in [3.63, 3.8) is 0 Å². The Bertz CT molecular complexity index is 1120. The number of amides is 1. The van der Waals surface area contributed by atoms with Gasteiger partial charge in [-0.2, -0.15) is 0 Å². The molecule has 1 amide bonds. The molecule has 3 aromatic rings. The average Bonchev–Trinajstić information content (AvgIpc) is 3.12. The lowest BCUT2D eigenvalue weighted by molar-refractivity contribution is 0.0517. The molecule has 0 aliphatic carbocycles. The Morgan fingerprint density at radius 3 is 2.61 bits per heavy atom. The van der Waals surface area contributed by atoms with Gasteiger partial charge in [-0.25, -0.2) is 9.78 Å². The normalized spacial score (nSPS) is 16.8. The van der Waals surface area contributed by atoms with Crippen LogP contribution in [0.4, 0.5) is 10.7 Å². The van der Waals surface area contributed by atoms with Gasteiger partial charge in [-0.15, -0.1) is 0 Å². The Kier molecular flexibility index (Phi) is 7.05. The van der Waals surface area contributed by atoms with Crippen LogP contribution in [0.3, 0.4) is 0 Å². The van der Waals surface area contributed by atoms with Crippen molar-refractivity contribution in [3.05, 3.63) is 58.1 Å². The second-order valence-electron chi connectivity index (χ2n) is 9.52. The summed E-state index contributed by atoms with van der Waals surface area (Å²) in [6, 6.07) is 13.7. The highest BCUT2D eigenvalue weighted by Crippen LogP contribution is 2.31. The third-order valence-corrected chi connectivity index (χ3v) is 6.46. The molecule has 0 bridgehead atoms. The van der Waals surface area contributed by atoms with Crippen LogP contribution >= 0.6 is 23.2 Å². The number of carbonyl (C=O) groups is 1. The molecule has 1 aliphatic rings. The number of nitrogens with zero attached hydrogens (tertiary/aromatic N) is 3. The summed E-state index contributed by atoms with van der Waals surface area (Å²) >= 11 is 13.0. The van der Waals surface area contributed by atoms with Crippen molar-refractivity contribution in [2.45, 2.75) is 45.8 Å². The number of halogens is 2. The molecule has 1 aliphatic heterocycles. The number of rotatable bonds is 5. The van der Waals surface area contributed by atoms with Crippen LogP contribution in [0, 0.1) is 5.92 Å². The third-order valence-electron chi connectivity index (χ3n) is 5.75. The minimum absolute atomic E-state index is 0.309. The number of fused-ring (bicyclic) bond motifs is 1. The van der Waals surface area contributed by atoms with Crippen LogP contribution in [0.15, 0.2) is 42.5 Å². The second-order valence-corrected chi connectivity index (χ2v) is 10.3. The van der Waals surface area contributed by atoms with Gasteiger partial charge in [0.15, 0.2) is 0 Å². The Labute approximate surface area is 204 Å². The largest absolute Gasteiger partial charge is 0.444 e. The van der Waals surface area contributed by atoms with E-state index in [1.807, 2.05) is 57.2 Å². The van der Waals surface area contributed by atoms with Gasteiger partial charge < -0.3 is 19.5 Å². The number of hydrogen-bond acceptors (Lipinski definition) is 4. The molecule has 1 fully saturated rings. The van der Waals surface area contributed by atoms with Crippen LogP contribution in [-0.4, -0.2) is 40.9 Å². The van der Waals surface area contributed by atoms with Crippen molar-refractivity contribution in [2.75, 3.05) is 24.5 Å². The van der Waals surface area contributed by atoms with E-state index in [1.54, 1.807) is 0 Å². The molecule has 4 rings (SSSR count). The molecule has 176 valence electrons. The molecular formula is C25H30Cl2N4O2. The second kappa shape index (κ2) is 9.82. The van der Waals surface area contributed by atoms with Crippen LogP contribution in [0.2, 0.25) is 10.0 Å². The van der Waals surface area contributed by atoms with E-state index in [0.717, 1.165) is 48.5 Å². The van der Waals surface area contributed by atoms with E-state index in [1.165, 1.54) is 0 Å². The summed E-state index contributed by atoms with van der Waals surface area (Å²) in [5.74, 6) is 1.21. The van der Waals surface area contributed by atoms with Gasteiger partial charge in [-0.3, -0.25) is 0 Å². The van der Waals surface area contributed by atoms with Gasteiger partial charge in [0, 0.05) is 35.2 Å². The number of alkyl carbamates (subject to hydrolysis) is 1. The molecule has 33 heavy (non-hydrogen) atoms. The topological polar surface area (TPSA) is 59.4 Å². The molecular weight excluding hydrogens is 459 g/mol. The first kappa shape index (κ1) is 23.7. The minimum atomic E-state index is -0.506. The molecule has 2 aromatic carbocycles. The number of aromatic nitrogens is 2. The Hall–Kier alpha value is -2.44. The van der Waals surface area contributed by atoms with Crippen LogP contribution in [-0.2, 0) is 11.3 Å². The van der Waals surface area contributed by atoms with Crippen molar-refractivity contribution in [3.8, 4) is 0 Å². The molecule has 1 N–H and O–H groups in total. The summed E-state index contributed by atoms with van der Waals surface area (Å²) in [7, 11) is 0. The predicted molar refractivity (Wildman–Crippen MR) is 134 cm³/mol. The van der Waals surface area contributed by atoms with E-state index in [4.69, 9.17) is 32.9 Å². The first-order valence-corrected chi connectivity index (χ1v) is 12.1. The molecule has 1 atom stereocenters. The van der Waals surface area contributed by atoms with Crippen LogP contribution in [0.25, 0.3) is 11.0 Å². The molecule has 6 nitrogen and oxygen atoms in total. The summed E-state index contributed by atoms with van der Waals surface area (Å²) in [4.78, 5) is 19.4. The molecule has 8 heteroatoms. The van der Waals surface area contributed by atoms with Gasteiger partial charge in [-0.05, 0) is 63.8 Å². The zero-order chi connectivity index (χ0) is 23.6. The zero-order valence-corrected chi connectivity index (χ0v) is 20.8. The SMILES string of the molecule is CC(C)(C)OC(=O)NC[C@@H]1CCCN(c2nc3ccccc3n2Cc2c(Cl)cccc2Cl)C1. The highest BCUT2D eigenvalue weighted by atomic mass is 35.5. The number of ether oxygens (including phenoxy) is 1. The van der Waals surface area contributed by atoms with E-state index in [0.29, 0.717) is 29.1 Å². The lowest BCUT2D eigenvalue weighted by Gasteiger charge is -2.34. The minimum Gasteiger partial charge on any atom is -0.444 e. The van der Waals surface area contributed by atoms with Crippen molar-refractivity contribution in [1.29, 1.82) is 0 Å². The van der Waals surface area contributed by atoms with Gasteiger partial charge >= 0.3 is 6.09 Å². The number of piperidine rings is 1. The van der Waals surface area contributed by atoms with Crippen molar-refractivity contribution >= 4 is 46.3 Å². The monoisotopic (exact) mass is 488 g/mol.